The molecule has 5 heteroatoms. The minimum Gasteiger partial charge on any atom is -0.497 e. The van der Waals surface area contributed by atoms with Gasteiger partial charge in [-0.1, -0.05) is 24.3 Å². The molecule has 0 aromatic heterocycles. The normalized spacial score (nSPS) is 18.9. The Morgan fingerprint density at radius 3 is 2.76 bits per heavy atom. The Morgan fingerprint density at radius 1 is 1.38 bits per heavy atom. The van der Waals surface area contributed by atoms with Crippen LogP contribution in [0.2, 0.25) is 0 Å². The molecule has 114 valence electrons. The average Bonchev–Trinajstić information content (AvgIpc) is 2.53. The standard InChI is InChI=1S/C16H22N2O3/c1-21-14-9-7-12(8-10-14)15(19)11-17-16(20)18-13-5-3-2-4-6-13/h2-3,7-10,13,15,19H,4-6,11H2,1H3,(H2,17,18,20). The van der Waals surface area contributed by atoms with Crippen molar-refractivity contribution in [2.24, 2.45) is 0 Å². The number of allylic oxidation sites excluding steroid dienone is 1. The lowest BCUT2D eigenvalue weighted by molar-refractivity contribution is 0.172. The maximum absolute atomic E-state index is 11.8. The van der Waals surface area contributed by atoms with E-state index in [2.05, 4.69) is 22.8 Å². The van der Waals surface area contributed by atoms with Gasteiger partial charge in [-0.15, -0.1) is 0 Å². The highest BCUT2D eigenvalue weighted by molar-refractivity contribution is 5.74. The number of nitrogens with one attached hydrogen (secondary N) is 2. The third kappa shape index (κ3) is 4.79. The Bertz CT molecular complexity index is 485. The zero-order valence-corrected chi connectivity index (χ0v) is 12.2. The fourth-order valence-corrected chi connectivity index (χ4v) is 2.29. The Kier molecular flexibility index (Phi) is 5.63. The van der Waals surface area contributed by atoms with Crippen LogP contribution in [-0.4, -0.2) is 30.8 Å². The largest absolute Gasteiger partial charge is 0.497 e. The summed E-state index contributed by atoms with van der Waals surface area (Å²) in [7, 11) is 1.60. The van der Waals surface area contributed by atoms with Gasteiger partial charge in [-0.2, -0.15) is 0 Å². The van der Waals surface area contributed by atoms with E-state index in [1.807, 2.05) is 0 Å². The lowest BCUT2D eigenvalue weighted by Gasteiger charge is -2.20. The molecular formula is C16H22N2O3. The van der Waals surface area contributed by atoms with Gasteiger partial charge in [0.15, 0.2) is 0 Å². The van der Waals surface area contributed by atoms with Crippen molar-refractivity contribution in [2.45, 2.75) is 31.4 Å². The lowest BCUT2D eigenvalue weighted by atomic mass is 10.0. The number of methoxy groups -OCH3 is 1. The van der Waals surface area contributed by atoms with E-state index in [0.717, 1.165) is 30.6 Å². The molecule has 2 rings (SSSR count). The molecule has 0 aliphatic heterocycles. The van der Waals surface area contributed by atoms with Crippen molar-refractivity contribution in [1.82, 2.24) is 10.6 Å². The van der Waals surface area contributed by atoms with Crippen LogP contribution < -0.4 is 15.4 Å². The Morgan fingerprint density at radius 2 is 2.14 bits per heavy atom. The molecule has 5 nitrogen and oxygen atoms in total. The van der Waals surface area contributed by atoms with Crippen molar-refractivity contribution >= 4 is 6.03 Å². The van der Waals surface area contributed by atoms with E-state index in [1.54, 1.807) is 31.4 Å². The summed E-state index contributed by atoms with van der Waals surface area (Å²) in [6, 6.07) is 7.10. The number of amides is 2. The van der Waals surface area contributed by atoms with E-state index in [9.17, 15) is 9.90 Å². The van der Waals surface area contributed by atoms with Crippen LogP contribution in [0.4, 0.5) is 4.79 Å². The SMILES string of the molecule is COc1ccc(C(O)CNC(=O)NC2CC=CCC2)cc1. The molecule has 0 bridgehead atoms. The van der Waals surface area contributed by atoms with Crippen LogP contribution in [0.3, 0.4) is 0 Å². The Labute approximate surface area is 125 Å². The summed E-state index contributed by atoms with van der Waals surface area (Å²) >= 11 is 0. The molecule has 0 heterocycles. The van der Waals surface area contributed by atoms with Gasteiger partial charge in [0, 0.05) is 12.6 Å². The molecule has 2 atom stereocenters. The minimum atomic E-state index is -0.729. The van der Waals surface area contributed by atoms with Crippen molar-refractivity contribution in [3.8, 4) is 5.75 Å². The molecule has 2 unspecified atom stereocenters. The molecule has 0 saturated heterocycles. The second-order valence-electron chi connectivity index (χ2n) is 5.12. The van der Waals surface area contributed by atoms with Gasteiger partial charge in [-0.05, 0) is 37.0 Å². The molecule has 1 aromatic carbocycles. The number of hydrogen-bond acceptors (Lipinski definition) is 3. The maximum Gasteiger partial charge on any atom is 0.315 e. The van der Waals surface area contributed by atoms with E-state index in [0.29, 0.717) is 0 Å². The number of ether oxygens (including phenoxy) is 1. The van der Waals surface area contributed by atoms with Gasteiger partial charge < -0.3 is 20.5 Å². The van der Waals surface area contributed by atoms with Gasteiger partial charge in [0.1, 0.15) is 5.75 Å². The molecule has 0 saturated carbocycles. The van der Waals surface area contributed by atoms with E-state index >= 15 is 0 Å². The smallest absolute Gasteiger partial charge is 0.315 e. The third-order valence-electron chi connectivity index (χ3n) is 3.56. The van der Waals surface area contributed by atoms with E-state index in [-0.39, 0.29) is 18.6 Å². The number of aliphatic hydroxyl groups excluding tert-OH is 1. The average molecular weight is 290 g/mol. The second-order valence-corrected chi connectivity index (χ2v) is 5.12. The molecule has 1 aliphatic carbocycles. The van der Waals surface area contributed by atoms with Crippen molar-refractivity contribution in [2.75, 3.05) is 13.7 Å². The lowest BCUT2D eigenvalue weighted by Crippen LogP contribution is -2.43. The van der Waals surface area contributed by atoms with E-state index < -0.39 is 6.10 Å². The number of hydrogen-bond donors (Lipinski definition) is 3. The number of carbonyl (C=O) groups excluding carboxylic acids is 1. The van der Waals surface area contributed by atoms with E-state index in [1.165, 1.54) is 0 Å². The van der Waals surface area contributed by atoms with Gasteiger partial charge in [-0.25, -0.2) is 4.79 Å². The molecule has 0 spiro atoms. The summed E-state index contributed by atoms with van der Waals surface area (Å²) in [5, 5.41) is 15.7. The maximum atomic E-state index is 11.8. The topological polar surface area (TPSA) is 70.6 Å². The molecular weight excluding hydrogens is 268 g/mol. The molecule has 1 aromatic rings. The zero-order chi connectivity index (χ0) is 15.1. The molecule has 0 radical (unpaired) electrons. The minimum absolute atomic E-state index is 0.181. The predicted octanol–water partition coefficient (Wildman–Crippen LogP) is 2.14. The summed E-state index contributed by atoms with van der Waals surface area (Å²) in [4.78, 5) is 11.8. The highest BCUT2D eigenvalue weighted by Crippen LogP contribution is 2.17. The summed E-state index contributed by atoms with van der Waals surface area (Å²) in [6.07, 6.45) is 6.32. The zero-order valence-electron chi connectivity index (χ0n) is 12.2. The van der Waals surface area contributed by atoms with Gasteiger partial charge in [0.25, 0.3) is 0 Å². The van der Waals surface area contributed by atoms with Crippen LogP contribution in [0.5, 0.6) is 5.75 Å². The highest BCUT2D eigenvalue weighted by Gasteiger charge is 2.14. The molecule has 2 amide bonds. The number of urea groups is 1. The number of benzene rings is 1. The first kappa shape index (κ1) is 15.4. The number of aliphatic hydroxyl groups is 1. The predicted molar refractivity (Wildman–Crippen MR) is 81.3 cm³/mol. The Balaban J connectivity index is 1.75. The first-order chi connectivity index (χ1) is 10.2. The summed E-state index contributed by atoms with van der Waals surface area (Å²) < 4.78 is 5.06. The fourth-order valence-electron chi connectivity index (χ4n) is 2.29. The van der Waals surface area contributed by atoms with Crippen LogP contribution in [0.1, 0.15) is 30.9 Å². The van der Waals surface area contributed by atoms with Crippen LogP contribution in [0.25, 0.3) is 0 Å². The summed E-state index contributed by atoms with van der Waals surface area (Å²) in [6.45, 7) is 0.181. The second kappa shape index (κ2) is 7.69. The fraction of sp³-hybridized carbons (Fsp3) is 0.438. The monoisotopic (exact) mass is 290 g/mol. The first-order valence-electron chi connectivity index (χ1n) is 7.20. The highest BCUT2D eigenvalue weighted by atomic mass is 16.5. The Hall–Kier alpha value is -2.01. The first-order valence-corrected chi connectivity index (χ1v) is 7.20. The number of carbonyl (C=O) groups is 1. The quantitative estimate of drug-likeness (QED) is 0.728. The van der Waals surface area contributed by atoms with Crippen LogP contribution in [0, 0.1) is 0 Å². The summed E-state index contributed by atoms with van der Waals surface area (Å²) in [5.41, 5.74) is 0.747. The van der Waals surface area contributed by atoms with Gasteiger partial charge >= 0.3 is 6.03 Å². The van der Waals surface area contributed by atoms with Gasteiger partial charge in [0.05, 0.1) is 13.2 Å². The molecule has 1 aliphatic rings. The van der Waals surface area contributed by atoms with E-state index in [4.69, 9.17) is 4.74 Å². The van der Waals surface area contributed by atoms with Crippen molar-refractivity contribution in [3.63, 3.8) is 0 Å². The summed E-state index contributed by atoms with van der Waals surface area (Å²) in [5.74, 6) is 0.738. The van der Waals surface area contributed by atoms with Crippen molar-refractivity contribution in [3.05, 3.63) is 42.0 Å². The third-order valence-corrected chi connectivity index (χ3v) is 3.56. The molecule has 21 heavy (non-hydrogen) atoms. The van der Waals surface area contributed by atoms with Gasteiger partial charge in [0.2, 0.25) is 0 Å². The van der Waals surface area contributed by atoms with Crippen LogP contribution in [0.15, 0.2) is 36.4 Å². The van der Waals surface area contributed by atoms with Crippen molar-refractivity contribution < 1.29 is 14.6 Å². The number of rotatable bonds is 5. The van der Waals surface area contributed by atoms with Crippen LogP contribution >= 0.6 is 0 Å². The van der Waals surface area contributed by atoms with Gasteiger partial charge in [-0.3, -0.25) is 0 Å². The van der Waals surface area contributed by atoms with Crippen molar-refractivity contribution in [1.29, 1.82) is 0 Å². The van der Waals surface area contributed by atoms with Crippen LogP contribution in [-0.2, 0) is 0 Å². The molecule has 0 fully saturated rings. The molecule has 3 N–H and O–H groups in total.